The van der Waals surface area contributed by atoms with Gasteiger partial charge in [0.25, 0.3) is 0 Å². The lowest BCUT2D eigenvalue weighted by Crippen LogP contribution is -2.41. The normalized spacial score (nSPS) is 13.6. The zero-order valence-corrected chi connectivity index (χ0v) is 28.7. The SMILES string of the molecule is CCCC/C(=C\C(=O)CCCO[Si](C)(C)C(C)(C)C)c1c(OC)cc(CO[Si](C)(C)C(C)(C)C)cc1OC. The number of unbranched alkanes of at least 4 members (excludes halogenated alkanes) is 1. The molecule has 0 bridgehead atoms. The molecule has 5 nitrogen and oxygen atoms in total. The first-order valence-corrected chi connectivity index (χ1v) is 20.0. The molecule has 0 spiro atoms. The van der Waals surface area contributed by atoms with Crippen molar-refractivity contribution in [3.8, 4) is 11.5 Å². The quantitative estimate of drug-likeness (QED) is 0.121. The second-order valence-corrected chi connectivity index (χ2v) is 23.0. The number of rotatable bonds is 15. The van der Waals surface area contributed by atoms with Gasteiger partial charge in [0.05, 0.1) is 26.4 Å². The number of benzene rings is 1. The highest BCUT2D eigenvalue weighted by atomic mass is 28.4. The maximum Gasteiger partial charge on any atom is 0.192 e. The Balaban J connectivity index is 3.19. The average Bonchev–Trinajstić information content (AvgIpc) is 2.81. The molecule has 0 aromatic heterocycles. The minimum absolute atomic E-state index is 0.115. The molecule has 218 valence electrons. The fourth-order valence-corrected chi connectivity index (χ4v) is 5.59. The largest absolute Gasteiger partial charge is 0.496 e. The predicted molar refractivity (Wildman–Crippen MR) is 166 cm³/mol. The molecule has 0 aliphatic rings. The van der Waals surface area contributed by atoms with Crippen molar-refractivity contribution in [2.45, 2.75) is 123 Å². The maximum absolute atomic E-state index is 13.1. The zero-order valence-electron chi connectivity index (χ0n) is 26.7. The number of ketones is 1. The lowest BCUT2D eigenvalue weighted by Gasteiger charge is -2.36. The van der Waals surface area contributed by atoms with E-state index < -0.39 is 16.6 Å². The third-order valence-electron chi connectivity index (χ3n) is 8.26. The first kappa shape index (κ1) is 34.6. The van der Waals surface area contributed by atoms with Crippen molar-refractivity contribution in [1.82, 2.24) is 0 Å². The van der Waals surface area contributed by atoms with Crippen LogP contribution in [0.2, 0.25) is 36.3 Å². The second kappa shape index (κ2) is 14.3. The van der Waals surface area contributed by atoms with Crippen LogP contribution in [0.1, 0.15) is 91.7 Å². The predicted octanol–water partition coefficient (Wildman–Crippen LogP) is 9.17. The van der Waals surface area contributed by atoms with E-state index in [0.717, 1.165) is 53.9 Å². The van der Waals surface area contributed by atoms with E-state index in [4.69, 9.17) is 18.3 Å². The summed E-state index contributed by atoms with van der Waals surface area (Å²) in [6.45, 7) is 25.7. The van der Waals surface area contributed by atoms with Crippen molar-refractivity contribution in [2.75, 3.05) is 20.8 Å². The maximum atomic E-state index is 13.1. The Hall–Kier alpha value is -1.42. The van der Waals surface area contributed by atoms with Crippen molar-refractivity contribution in [3.05, 3.63) is 29.3 Å². The third-order valence-corrected chi connectivity index (χ3v) is 17.3. The van der Waals surface area contributed by atoms with Crippen LogP contribution in [0.4, 0.5) is 0 Å². The molecule has 0 N–H and O–H groups in total. The smallest absolute Gasteiger partial charge is 0.192 e. The van der Waals surface area contributed by atoms with Gasteiger partial charge < -0.3 is 18.3 Å². The minimum atomic E-state index is -1.90. The van der Waals surface area contributed by atoms with Crippen molar-refractivity contribution < 1.29 is 23.1 Å². The highest BCUT2D eigenvalue weighted by Crippen LogP contribution is 2.41. The van der Waals surface area contributed by atoms with Gasteiger partial charge in [-0.25, -0.2) is 0 Å². The standard InChI is InChI=1S/C31H56O5Si2/c1-14-15-17-25(22-26(32)18-16-19-35-37(10,11)30(2,3)4)29-27(33-8)20-24(21-28(29)34-9)23-36-38(12,13)31(5,6)7/h20-22H,14-19,23H2,1-13H3/b25-22+. The Bertz CT molecular complexity index is 912. The van der Waals surface area contributed by atoms with Crippen LogP contribution in [0.15, 0.2) is 18.2 Å². The molecule has 38 heavy (non-hydrogen) atoms. The van der Waals surface area contributed by atoms with Gasteiger partial charge in [-0.1, -0.05) is 54.9 Å². The summed E-state index contributed by atoms with van der Waals surface area (Å²) in [6, 6.07) is 4.06. The molecular weight excluding hydrogens is 509 g/mol. The van der Waals surface area contributed by atoms with Gasteiger partial charge in [-0.15, -0.1) is 0 Å². The van der Waals surface area contributed by atoms with Gasteiger partial charge in [0.2, 0.25) is 0 Å². The van der Waals surface area contributed by atoms with Gasteiger partial charge in [-0.2, -0.15) is 0 Å². The molecule has 0 unspecified atom stereocenters. The number of hydrogen-bond acceptors (Lipinski definition) is 5. The summed E-state index contributed by atoms with van der Waals surface area (Å²) in [5.74, 6) is 1.55. The van der Waals surface area contributed by atoms with Crippen molar-refractivity contribution in [1.29, 1.82) is 0 Å². The molecule has 0 radical (unpaired) electrons. The van der Waals surface area contributed by atoms with Crippen LogP contribution in [-0.4, -0.2) is 43.2 Å². The molecule has 0 aliphatic heterocycles. The molecule has 7 heteroatoms. The fraction of sp³-hybridized carbons (Fsp3) is 0.710. The van der Waals surface area contributed by atoms with Crippen LogP contribution in [0, 0.1) is 0 Å². The summed E-state index contributed by atoms with van der Waals surface area (Å²) in [5.41, 5.74) is 2.84. The molecule has 0 saturated carbocycles. The van der Waals surface area contributed by atoms with Crippen molar-refractivity contribution in [3.63, 3.8) is 0 Å². The second-order valence-electron chi connectivity index (χ2n) is 13.4. The van der Waals surface area contributed by atoms with E-state index in [1.807, 2.05) is 12.1 Å². The summed E-state index contributed by atoms with van der Waals surface area (Å²) in [7, 11) is -0.359. The number of hydrogen-bond donors (Lipinski definition) is 0. The van der Waals surface area contributed by atoms with Crippen molar-refractivity contribution >= 4 is 28.0 Å². The van der Waals surface area contributed by atoms with E-state index in [9.17, 15) is 4.79 Å². The molecule has 0 aliphatic carbocycles. The van der Waals surface area contributed by atoms with Crippen LogP contribution < -0.4 is 9.47 Å². The van der Waals surface area contributed by atoms with Crippen LogP contribution in [0.25, 0.3) is 5.57 Å². The molecule has 0 heterocycles. The van der Waals surface area contributed by atoms with Gasteiger partial charge in [0.1, 0.15) is 11.5 Å². The molecule has 1 aromatic carbocycles. The minimum Gasteiger partial charge on any atom is -0.496 e. The van der Waals surface area contributed by atoms with Gasteiger partial charge in [-0.3, -0.25) is 4.79 Å². The molecule has 1 rings (SSSR count). The third kappa shape index (κ3) is 9.96. The molecule has 1 aromatic rings. The first-order chi connectivity index (χ1) is 17.4. The van der Waals surface area contributed by atoms with Gasteiger partial charge >= 0.3 is 0 Å². The zero-order chi connectivity index (χ0) is 29.4. The molecular formula is C31H56O5Si2. The van der Waals surface area contributed by atoms with E-state index in [0.29, 0.717) is 19.6 Å². The van der Waals surface area contributed by atoms with Gasteiger partial charge in [-0.05, 0) is 84.9 Å². The Morgan fingerprint density at radius 1 is 0.816 bits per heavy atom. The van der Waals surface area contributed by atoms with E-state index in [2.05, 4.69) is 74.7 Å². The summed E-state index contributed by atoms with van der Waals surface area (Å²) in [6.07, 6.45) is 5.79. The summed E-state index contributed by atoms with van der Waals surface area (Å²) >= 11 is 0. The number of carbonyl (C=O) groups is 1. The highest BCUT2D eigenvalue weighted by molar-refractivity contribution is 6.74. The Morgan fingerprint density at radius 2 is 1.32 bits per heavy atom. The molecule has 0 atom stereocenters. The first-order valence-electron chi connectivity index (χ1n) is 14.2. The Labute approximate surface area is 235 Å². The number of ether oxygens (including phenoxy) is 2. The topological polar surface area (TPSA) is 54.0 Å². The number of methoxy groups -OCH3 is 2. The summed E-state index contributed by atoms with van der Waals surface area (Å²) < 4.78 is 24.4. The van der Waals surface area contributed by atoms with Gasteiger partial charge in [0.15, 0.2) is 22.4 Å². The Morgan fingerprint density at radius 3 is 1.76 bits per heavy atom. The van der Waals surface area contributed by atoms with Crippen LogP contribution in [0.5, 0.6) is 11.5 Å². The van der Waals surface area contributed by atoms with Crippen molar-refractivity contribution in [2.24, 2.45) is 0 Å². The lowest BCUT2D eigenvalue weighted by molar-refractivity contribution is -0.114. The van der Waals surface area contributed by atoms with Gasteiger partial charge in [0, 0.05) is 13.0 Å². The van der Waals surface area contributed by atoms with Crippen LogP contribution >= 0.6 is 0 Å². The van der Waals surface area contributed by atoms with Crippen LogP contribution in [0.3, 0.4) is 0 Å². The Kier molecular flexibility index (Phi) is 13.0. The number of allylic oxidation sites excluding steroid dienone is 2. The van der Waals surface area contributed by atoms with E-state index >= 15 is 0 Å². The van der Waals surface area contributed by atoms with E-state index in [-0.39, 0.29) is 15.9 Å². The molecule has 0 fully saturated rings. The fourth-order valence-electron chi connectivity index (χ4n) is 3.54. The molecule has 0 saturated heterocycles. The summed E-state index contributed by atoms with van der Waals surface area (Å²) in [4.78, 5) is 13.1. The van der Waals surface area contributed by atoms with Crippen LogP contribution in [-0.2, 0) is 20.3 Å². The average molecular weight is 565 g/mol. The lowest BCUT2D eigenvalue weighted by atomic mass is 9.95. The van der Waals surface area contributed by atoms with E-state index in [1.54, 1.807) is 20.3 Å². The summed E-state index contributed by atoms with van der Waals surface area (Å²) in [5, 5.41) is 0.298. The van der Waals surface area contributed by atoms with E-state index in [1.165, 1.54) is 0 Å². The molecule has 0 amide bonds. The monoisotopic (exact) mass is 564 g/mol. The number of carbonyl (C=O) groups excluding carboxylic acids is 1. The highest BCUT2D eigenvalue weighted by Gasteiger charge is 2.38.